The third-order valence-electron chi connectivity index (χ3n) is 3.25. The fourth-order valence-corrected chi connectivity index (χ4v) is 2.45. The second-order valence-corrected chi connectivity index (χ2v) is 3.76. The summed E-state index contributed by atoms with van der Waals surface area (Å²) in [5.74, 6) is 0.986. The zero-order valence-electron chi connectivity index (χ0n) is 6.61. The molecule has 0 spiro atoms. The van der Waals surface area contributed by atoms with Crippen LogP contribution in [-0.4, -0.2) is 26.7 Å². The molecule has 0 aromatic carbocycles. The van der Waals surface area contributed by atoms with Crippen LogP contribution in [0.25, 0.3) is 0 Å². The Bertz CT molecular complexity index is 135. The van der Waals surface area contributed by atoms with E-state index in [0.717, 1.165) is 5.92 Å². The fraction of sp³-hybridized carbons (Fsp3) is 1.00. The zero-order valence-corrected chi connectivity index (χ0v) is 6.61. The van der Waals surface area contributed by atoms with E-state index < -0.39 is 0 Å². The molecule has 2 N–H and O–H groups in total. The van der Waals surface area contributed by atoms with Crippen molar-refractivity contribution in [2.24, 2.45) is 11.3 Å². The van der Waals surface area contributed by atoms with Gasteiger partial charge in [-0.25, -0.2) is 0 Å². The number of hydrogen-bond donors (Lipinski definition) is 2. The summed E-state index contributed by atoms with van der Waals surface area (Å²) in [6.07, 6.45) is 2.89. The zero-order chi connectivity index (χ0) is 7.03. The van der Waals surface area contributed by atoms with Gasteiger partial charge in [-0.2, -0.15) is 0 Å². The molecule has 1 saturated heterocycles. The molecule has 0 radical (unpaired) electrons. The summed E-state index contributed by atoms with van der Waals surface area (Å²) in [6.45, 7) is 3.73. The van der Waals surface area contributed by atoms with Crippen LogP contribution in [0.15, 0.2) is 0 Å². The first kappa shape index (κ1) is 6.62. The highest BCUT2D eigenvalue weighted by molar-refractivity contribution is 5.03. The third-order valence-corrected chi connectivity index (χ3v) is 3.25. The SMILES string of the molecule is CNCC12CCC1CNC2. The van der Waals surface area contributed by atoms with Gasteiger partial charge < -0.3 is 10.6 Å². The van der Waals surface area contributed by atoms with E-state index in [1.807, 2.05) is 0 Å². The lowest BCUT2D eigenvalue weighted by Gasteiger charge is -2.44. The van der Waals surface area contributed by atoms with Crippen molar-refractivity contribution in [2.75, 3.05) is 26.7 Å². The molecule has 2 fully saturated rings. The summed E-state index contributed by atoms with van der Waals surface area (Å²) in [5, 5.41) is 6.76. The Kier molecular flexibility index (Phi) is 1.46. The largest absolute Gasteiger partial charge is 0.319 e. The standard InChI is InChI=1S/C8H16N2/c1-9-5-8-3-2-7(8)4-10-6-8/h7,9-10H,2-6H2,1H3. The molecule has 10 heavy (non-hydrogen) atoms. The van der Waals surface area contributed by atoms with Crippen molar-refractivity contribution in [1.82, 2.24) is 10.6 Å². The van der Waals surface area contributed by atoms with Crippen LogP contribution in [0.3, 0.4) is 0 Å². The molecule has 1 aliphatic heterocycles. The molecule has 58 valence electrons. The van der Waals surface area contributed by atoms with Crippen molar-refractivity contribution in [2.45, 2.75) is 12.8 Å². The van der Waals surface area contributed by atoms with Gasteiger partial charge in [0, 0.05) is 13.1 Å². The van der Waals surface area contributed by atoms with E-state index in [0.29, 0.717) is 5.41 Å². The minimum atomic E-state index is 0.661. The summed E-state index contributed by atoms with van der Waals surface area (Å²) < 4.78 is 0. The topological polar surface area (TPSA) is 24.1 Å². The van der Waals surface area contributed by atoms with E-state index in [2.05, 4.69) is 17.7 Å². The molecule has 2 nitrogen and oxygen atoms in total. The van der Waals surface area contributed by atoms with Gasteiger partial charge in [-0.05, 0) is 37.8 Å². The number of fused-ring (bicyclic) bond motifs is 1. The molecule has 1 heterocycles. The van der Waals surface area contributed by atoms with Gasteiger partial charge in [-0.15, -0.1) is 0 Å². The van der Waals surface area contributed by atoms with Crippen LogP contribution in [0, 0.1) is 11.3 Å². The summed E-state index contributed by atoms with van der Waals surface area (Å²) in [5.41, 5.74) is 0.661. The summed E-state index contributed by atoms with van der Waals surface area (Å²) in [7, 11) is 2.06. The Morgan fingerprint density at radius 3 is 3.10 bits per heavy atom. The molecule has 0 aromatic heterocycles. The van der Waals surface area contributed by atoms with Crippen molar-refractivity contribution in [3.8, 4) is 0 Å². The Hall–Kier alpha value is -0.0800. The van der Waals surface area contributed by atoms with Gasteiger partial charge in [0.2, 0.25) is 0 Å². The minimum absolute atomic E-state index is 0.661. The van der Waals surface area contributed by atoms with Crippen molar-refractivity contribution in [3.63, 3.8) is 0 Å². The first-order chi connectivity index (χ1) is 4.87. The lowest BCUT2D eigenvalue weighted by molar-refractivity contribution is 0.0877. The maximum absolute atomic E-state index is 3.47. The van der Waals surface area contributed by atoms with Crippen molar-refractivity contribution in [3.05, 3.63) is 0 Å². The molecule has 2 heteroatoms. The maximum atomic E-state index is 3.47. The van der Waals surface area contributed by atoms with Crippen LogP contribution in [0.2, 0.25) is 0 Å². The van der Waals surface area contributed by atoms with E-state index in [4.69, 9.17) is 0 Å². The highest BCUT2D eigenvalue weighted by atomic mass is 15.0. The fourth-order valence-electron chi connectivity index (χ4n) is 2.45. The first-order valence-electron chi connectivity index (χ1n) is 4.23. The molecule has 2 aliphatic rings. The lowest BCUT2D eigenvalue weighted by atomic mass is 9.62. The van der Waals surface area contributed by atoms with Gasteiger partial charge in [0.05, 0.1) is 0 Å². The molecule has 2 rings (SSSR count). The van der Waals surface area contributed by atoms with Gasteiger partial charge in [0.1, 0.15) is 0 Å². The van der Waals surface area contributed by atoms with Crippen LogP contribution in [0.4, 0.5) is 0 Å². The van der Waals surface area contributed by atoms with Gasteiger partial charge in [-0.1, -0.05) is 0 Å². The Labute approximate surface area is 62.4 Å². The Balaban J connectivity index is 2.00. The van der Waals surface area contributed by atoms with Crippen molar-refractivity contribution >= 4 is 0 Å². The second-order valence-electron chi connectivity index (χ2n) is 3.76. The molecule has 0 aromatic rings. The average molecular weight is 140 g/mol. The Morgan fingerprint density at radius 2 is 2.60 bits per heavy atom. The molecular formula is C8H16N2. The lowest BCUT2D eigenvalue weighted by Crippen LogP contribution is -2.46. The van der Waals surface area contributed by atoms with Gasteiger partial charge in [-0.3, -0.25) is 0 Å². The van der Waals surface area contributed by atoms with Crippen LogP contribution in [-0.2, 0) is 0 Å². The molecule has 1 saturated carbocycles. The summed E-state index contributed by atoms with van der Waals surface area (Å²) in [4.78, 5) is 0. The maximum Gasteiger partial charge on any atom is 0.00232 e. The van der Waals surface area contributed by atoms with Gasteiger partial charge in [0.25, 0.3) is 0 Å². The monoisotopic (exact) mass is 140 g/mol. The van der Waals surface area contributed by atoms with Gasteiger partial charge >= 0.3 is 0 Å². The molecular weight excluding hydrogens is 124 g/mol. The summed E-state index contributed by atoms with van der Waals surface area (Å²) in [6, 6.07) is 0. The highest BCUT2D eigenvalue weighted by Gasteiger charge is 2.48. The third kappa shape index (κ3) is 0.722. The van der Waals surface area contributed by atoms with E-state index in [9.17, 15) is 0 Å². The minimum Gasteiger partial charge on any atom is -0.319 e. The quantitative estimate of drug-likeness (QED) is 0.573. The van der Waals surface area contributed by atoms with Crippen molar-refractivity contribution in [1.29, 1.82) is 0 Å². The van der Waals surface area contributed by atoms with Crippen LogP contribution in [0.5, 0.6) is 0 Å². The Morgan fingerprint density at radius 1 is 1.70 bits per heavy atom. The predicted octanol–water partition coefficient (Wildman–Crippen LogP) is 0.205. The second kappa shape index (κ2) is 2.21. The van der Waals surface area contributed by atoms with E-state index in [1.54, 1.807) is 0 Å². The number of nitrogens with one attached hydrogen (secondary N) is 2. The number of hydrogen-bond acceptors (Lipinski definition) is 2. The molecule has 1 aliphatic carbocycles. The predicted molar refractivity (Wildman–Crippen MR) is 42.0 cm³/mol. The number of rotatable bonds is 2. The first-order valence-corrected chi connectivity index (χ1v) is 4.23. The van der Waals surface area contributed by atoms with Gasteiger partial charge in [0.15, 0.2) is 0 Å². The van der Waals surface area contributed by atoms with E-state index >= 15 is 0 Å². The molecule has 0 bridgehead atoms. The van der Waals surface area contributed by atoms with Crippen molar-refractivity contribution < 1.29 is 0 Å². The average Bonchev–Trinajstić information content (AvgIpc) is 2.15. The van der Waals surface area contributed by atoms with Crippen LogP contribution < -0.4 is 10.6 Å². The molecule has 2 atom stereocenters. The van der Waals surface area contributed by atoms with Crippen LogP contribution >= 0.6 is 0 Å². The highest BCUT2D eigenvalue weighted by Crippen LogP contribution is 2.48. The normalized spacial score (nSPS) is 44.7. The van der Waals surface area contributed by atoms with E-state index in [-0.39, 0.29) is 0 Å². The molecule has 2 unspecified atom stereocenters. The van der Waals surface area contributed by atoms with E-state index in [1.165, 1.54) is 32.5 Å². The summed E-state index contributed by atoms with van der Waals surface area (Å²) >= 11 is 0. The van der Waals surface area contributed by atoms with Crippen LogP contribution in [0.1, 0.15) is 12.8 Å². The smallest absolute Gasteiger partial charge is 0.00232 e. The molecule has 0 amide bonds.